The molecule has 168 valence electrons. The minimum atomic E-state index is -3.64. The Hall–Kier alpha value is -3.07. The average Bonchev–Trinajstić information content (AvgIpc) is 3.21. The number of aromatic nitrogens is 1. The Morgan fingerprint density at radius 1 is 1.03 bits per heavy atom. The summed E-state index contributed by atoms with van der Waals surface area (Å²) >= 11 is 1.42. The van der Waals surface area contributed by atoms with Crippen LogP contribution in [0.5, 0.6) is 0 Å². The summed E-state index contributed by atoms with van der Waals surface area (Å²) in [5, 5.41) is 3.36. The number of hydrogen-bond donors (Lipinski definition) is 1. The van der Waals surface area contributed by atoms with Crippen LogP contribution >= 0.6 is 11.3 Å². The molecule has 1 N–H and O–H groups in total. The summed E-state index contributed by atoms with van der Waals surface area (Å²) in [6.07, 6.45) is 0.692. The van der Waals surface area contributed by atoms with E-state index in [4.69, 9.17) is 0 Å². The monoisotopic (exact) mass is 477 g/mol. The zero-order valence-corrected chi connectivity index (χ0v) is 20.0. The third-order valence-electron chi connectivity index (χ3n) is 5.90. The Balaban J connectivity index is 1.33. The topological polar surface area (TPSA) is 79.4 Å². The first kappa shape index (κ1) is 21.8. The normalized spacial score (nSPS) is 14.2. The van der Waals surface area contributed by atoms with E-state index in [1.54, 1.807) is 12.1 Å². The number of sulfonamides is 1. The standard InChI is InChI=1S/C25H23N3O3S2/c1-16-13-17(2)23-22(14-16)32-25(26-23)27-24(29)19-7-9-21(10-8-19)33(30,31)28-12-11-18-5-3-4-6-20(18)15-28/h3-10,13-14H,11-12,15H2,1-2H3,(H,26,27,29). The van der Waals surface area contributed by atoms with E-state index < -0.39 is 10.0 Å². The number of aryl methyl sites for hydroxylation is 2. The summed E-state index contributed by atoms with van der Waals surface area (Å²) in [4.78, 5) is 17.5. The number of nitrogens with one attached hydrogen (secondary N) is 1. The van der Waals surface area contributed by atoms with Crippen molar-refractivity contribution >= 4 is 42.6 Å². The number of thiazole rings is 1. The first-order valence-electron chi connectivity index (χ1n) is 10.7. The van der Waals surface area contributed by atoms with E-state index >= 15 is 0 Å². The van der Waals surface area contributed by atoms with Crippen molar-refractivity contribution in [2.75, 3.05) is 11.9 Å². The number of nitrogens with zero attached hydrogens (tertiary/aromatic N) is 2. The second-order valence-corrected chi connectivity index (χ2v) is 11.3. The largest absolute Gasteiger partial charge is 0.298 e. The highest BCUT2D eigenvalue weighted by atomic mass is 32.2. The zero-order valence-electron chi connectivity index (χ0n) is 18.3. The Morgan fingerprint density at radius 2 is 1.76 bits per heavy atom. The molecule has 33 heavy (non-hydrogen) atoms. The van der Waals surface area contributed by atoms with Crippen molar-refractivity contribution in [3.8, 4) is 0 Å². The van der Waals surface area contributed by atoms with Crippen LogP contribution in [0.15, 0.2) is 65.6 Å². The highest BCUT2D eigenvalue weighted by Crippen LogP contribution is 2.30. The molecule has 2 heterocycles. The van der Waals surface area contributed by atoms with Crippen LogP contribution in [0.2, 0.25) is 0 Å². The quantitative estimate of drug-likeness (QED) is 0.453. The van der Waals surface area contributed by atoms with Crippen LogP contribution in [0, 0.1) is 13.8 Å². The Bertz CT molecular complexity index is 1470. The molecule has 1 aliphatic heterocycles. The SMILES string of the molecule is Cc1cc(C)c2nc(NC(=O)c3ccc(S(=O)(=O)N4CCc5ccccc5C4)cc3)sc2c1. The summed E-state index contributed by atoms with van der Waals surface area (Å²) in [6.45, 7) is 4.83. The van der Waals surface area contributed by atoms with Gasteiger partial charge in [-0.2, -0.15) is 4.31 Å². The summed E-state index contributed by atoms with van der Waals surface area (Å²) in [5.74, 6) is -0.320. The number of carbonyl (C=O) groups is 1. The van der Waals surface area contributed by atoms with Crippen molar-refractivity contribution in [3.63, 3.8) is 0 Å². The third kappa shape index (κ3) is 4.17. The van der Waals surface area contributed by atoms with Gasteiger partial charge in [-0.25, -0.2) is 13.4 Å². The van der Waals surface area contributed by atoms with Crippen LogP contribution in [0.4, 0.5) is 5.13 Å². The molecule has 0 spiro atoms. The lowest BCUT2D eigenvalue weighted by Crippen LogP contribution is -2.35. The van der Waals surface area contributed by atoms with Crippen molar-refractivity contribution in [3.05, 3.63) is 88.5 Å². The molecule has 8 heteroatoms. The molecule has 0 aliphatic carbocycles. The van der Waals surface area contributed by atoms with E-state index in [-0.39, 0.29) is 10.8 Å². The molecule has 1 aliphatic rings. The van der Waals surface area contributed by atoms with Gasteiger partial charge in [0.1, 0.15) is 0 Å². The lowest BCUT2D eigenvalue weighted by molar-refractivity contribution is 0.102. The van der Waals surface area contributed by atoms with Gasteiger partial charge in [-0.1, -0.05) is 41.7 Å². The predicted molar refractivity (Wildman–Crippen MR) is 131 cm³/mol. The fourth-order valence-corrected chi connectivity index (χ4v) is 6.65. The summed E-state index contributed by atoms with van der Waals surface area (Å²) < 4.78 is 28.8. The van der Waals surface area contributed by atoms with Crippen LogP contribution < -0.4 is 5.32 Å². The molecule has 0 saturated heterocycles. The van der Waals surface area contributed by atoms with Crippen molar-refractivity contribution in [1.29, 1.82) is 0 Å². The van der Waals surface area contributed by atoms with Crippen molar-refractivity contribution in [2.24, 2.45) is 0 Å². The molecule has 0 radical (unpaired) electrons. The first-order chi connectivity index (χ1) is 15.8. The maximum atomic E-state index is 13.1. The summed E-state index contributed by atoms with van der Waals surface area (Å²) in [6, 6.07) is 18.1. The van der Waals surface area contributed by atoms with Gasteiger partial charge in [0.25, 0.3) is 5.91 Å². The highest BCUT2D eigenvalue weighted by molar-refractivity contribution is 7.89. The van der Waals surface area contributed by atoms with Crippen LogP contribution in [0.25, 0.3) is 10.2 Å². The number of anilines is 1. The number of carbonyl (C=O) groups excluding carboxylic acids is 1. The van der Waals surface area contributed by atoms with E-state index in [0.29, 0.717) is 30.2 Å². The first-order valence-corrected chi connectivity index (χ1v) is 12.9. The molecule has 1 aromatic heterocycles. The second-order valence-electron chi connectivity index (χ2n) is 8.28. The van der Waals surface area contributed by atoms with Crippen molar-refractivity contribution < 1.29 is 13.2 Å². The van der Waals surface area contributed by atoms with E-state index in [1.165, 1.54) is 33.3 Å². The van der Waals surface area contributed by atoms with Crippen molar-refractivity contribution in [2.45, 2.75) is 31.7 Å². The van der Waals surface area contributed by atoms with E-state index in [9.17, 15) is 13.2 Å². The second kappa shape index (κ2) is 8.37. The van der Waals surface area contributed by atoms with Crippen LogP contribution in [0.3, 0.4) is 0 Å². The molecule has 0 bridgehead atoms. The Labute approximate surface area is 197 Å². The highest BCUT2D eigenvalue weighted by Gasteiger charge is 2.28. The summed E-state index contributed by atoms with van der Waals surface area (Å²) in [5.41, 5.74) is 5.70. The van der Waals surface area contributed by atoms with Crippen LogP contribution in [-0.4, -0.2) is 30.2 Å². The maximum Gasteiger partial charge on any atom is 0.257 e. The van der Waals surface area contributed by atoms with Gasteiger partial charge in [0.2, 0.25) is 10.0 Å². The molecule has 0 unspecified atom stereocenters. The average molecular weight is 478 g/mol. The molecule has 3 aromatic carbocycles. The van der Waals surface area contributed by atoms with E-state index in [2.05, 4.69) is 16.4 Å². The molecule has 0 fully saturated rings. The maximum absolute atomic E-state index is 13.1. The molecule has 1 amide bonds. The van der Waals surface area contributed by atoms with Crippen LogP contribution in [-0.2, 0) is 23.0 Å². The van der Waals surface area contributed by atoms with Gasteiger partial charge in [0.15, 0.2) is 5.13 Å². The smallest absolute Gasteiger partial charge is 0.257 e. The number of hydrogen-bond acceptors (Lipinski definition) is 5. The number of amides is 1. The molecule has 6 nitrogen and oxygen atoms in total. The van der Waals surface area contributed by atoms with Gasteiger partial charge in [0.05, 0.1) is 15.1 Å². The zero-order chi connectivity index (χ0) is 23.2. The van der Waals surface area contributed by atoms with Gasteiger partial charge in [0, 0.05) is 18.7 Å². The van der Waals surface area contributed by atoms with Gasteiger partial charge in [-0.3, -0.25) is 10.1 Å². The van der Waals surface area contributed by atoms with Gasteiger partial charge >= 0.3 is 0 Å². The molecule has 5 rings (SSSR count). The molecule has 0 atom stereocenters. The van der Waals surface area contributed by atoms with Crippen LogP contribution in [0.1, 0.15) is 32.6 Å². The lowest BCUT2D eigenvalue weighted by Gasteiger charge is -2.28. The summed E-state index contributed by atoms with van der Waals surface area (Å²) in [7, 11) is -3.64. The van der Waals surface area contributed by atoms with Gasteiger partial charge < -0.3 is 0 Å². The van der Waals surface area contributed by atoms with E-state index in [0.717, 1.165) is 26.9 Å². The molecule has 0 saturated carbocycles. The number of rotatable bonds is 4. The third-order valence-corrected chi connectivity index (χ3v) is 8.68. The number of fused-ring (bicyclic) bond motifs is 2. The Morgan fingerprint density at radius 3 is 2.52 bits per heavy atom. The Kier molecular flexibility index (Phi) is 5.52. The number of benzene rings is 3. The molecular weight excluding hydrogens is 454 g/mol. The predicted octanol–water partition coefficient (Wildman–Crippen LogP) is 4.91. The van der Waals surface area contributed by atoms with E-state index in [1.807, 2.05) is 44.2 Å². The van der Waals surface area contributed by atoms with Gasteiger partial charge in [-0.15, -0.1) is 0 Å². The lowest BCUT2D eigenvalue weighted by atomic mass is 10.0. The van der Waals surface area contributed by atoms with Gasteiger partial charge in [-0.05, 0) is 72.9 Å². The molecule has 4 aromatic rings. The molecular formula is C25H23N3O3S2. The minimum absolute atomic E-state index is 0.185. The minimum Gasteiger partial charge on any atom is -0.298 e. The fraction of sp³-hybridized carbons (Fsp3) is 0.200. The fourth-order valence-electron chi connectivity index (χ4n) is 4.20. The van der Waals surface area contributed by atoms with Crippen molar-refractivity contribution in [1.82, 2.24) is 9.29 Å².